The first-order valence-corrected chi connectivity index (χ1v) is 7.53. The molecule has 0 aliphatic rings. The van der Waals surface area contributed by atoms with Gasteiger partial charge in [-0.05, 0) is 30.5 Å². The molecule has 0 fully saturated rings. The number of rotatable bonds is 9. The molecule has 4 nitrogen and oxygen atoms in total. The lowest BCUT2D eigenvalue weighted by Gasteiger charge is -2.12. The topological polar surface area (TPSA) is 45.6 Å². The smallest absolute Gasteiger partial charge is 0.191 e. The van der Waals surface area contributed by atoms with Crippen molar-refractivity contribution in [2.24, 2.45) is 4.99 Å². The van der Waals surface area contributed by atoms with Crippen LogP contribution in [-0.4, -0.2) is 32.8 Å². The summed E-state index contributed by atoms with van der Waals surface area (Å²) in [5.74, 6) is 0.525. The molecule has 0 aliphatic carbocycles. The van der Waals surface area contributed by atoms with Crippen LogP contribution in [0.1, 0.15) is 31.7 Å². The van der Waals surface area contributed by atoms with Gasteiger partial charge in [0.15, 0.2) is 5.96 Å². The second kappa shape index (κ2) is 11.1. The minimum Gasteiger partial charge on any atom is -0.381 e. The van der Waals surface area contributed by atoms with Crippen molar-refractivity contribution in [2.45, 2.75) is 32.7 Å². The molecule has 0 saturated carbocycles. The minimum absolute atomic E-state index is 0.218. The zero-order chi connectivity index (χ0) is 15.3. The molecule has 5 heteroatoms. The molecule has 0 bridgehead atoms. The highest BCUT2D eigenvalue weighted by atomic mass is 19.1. The molecule has 0 spiro atoms. The lowest BCUT2D eigenvalue weighted by atomic mass is 10.2. The Bertz CT molecular complexity index is 406. The molecule has 2 N–H and O–H groups in total. The van der Waals surface area contributed by atoms with E-state index in [-0.39, 0.29) is 5.82 Å². The van der Waals surface area contributed by atoms with Crippen LogP contribution in [0.15, 0.2) is 29.3 Å². The second-order valence-electron chi connectivity index (χ2n) is 4.80. The lowest BCUT2D eigenvalue weighted by Crippen LogP contribution is -2.37. The number of hydrogen-bond acceptors (Lipinski definition) is 2. The van der Waals surface area contributed by atoms with Crippen LogP contribution in [0.2, 0.25) is 0 Å². The van der Waals surface area contributed by atoms with E-state index in [4.69, 9.17) is 4.74 Å². The molecule has 118 valence electrons. The van der Waals surface area contributed by atoms with Crippen molar-refractivity contribution in [3.05, 3.63) is 35.6 Å². The van der Waals surface area contributed by atoms with Gasteiger partial charge < -0.3 is 15.4 Å². The zero-order valence-corrected chi connectivity index (χ0v) is 13.0. The fraction of sp³-hybridized carbons (Fsp3) is 0.562. The Morgan fingerprint density at radius 2 is 1.86 bits per heavy atom. The van der Waals surface area contributed by atoms with Gasteiger partial charge in [-0.25, -0.2) is 4.39 Å². The number of nitrogens with one attached hydrogen (secondary N) is 2. The third-order valence-corrected chi connectivity index (χ3v) is 3.00. The number of aliphatic imine (C=N–C) groups is 1. The Morgan fingerprint density at radius 1 is 1.14 bits per heavy atom. The van der Waals surface area contributed by atoms with E-state index in [9.17, 15) is 4.39 Å². The van der Waals surface area contributed by atoms with Crippen LogP contribution in [0.3, 0.4) is 0 Å². The number of ether oxygens (including phenoxy) is 1. The quantitative estimate of drug-likeness (QED) is 0.418. The van der Waals surface area contributed by atoms with Crippen LogP contribution in [0, 0.1) is 5.82 Å². The van der Waals surface area contributed by atoms with Crippen molar-refractivity contribution in [1.29, 1.82) is 0 Å². The lowest BCUT2D eigenvalue weighted by molar-refractivity contribution is 0.129. The predicted molar refractivity (Wildman–Crippen MR) is 84.9 cm³/mol. The molecule has 0 heterocycles. The average molecular weight is 295 g/mol. The highest BCUT2D eigenvalue weighted by Gasteiger charge is 1.98. The van der Waals surface area contributed by atoms with Crippen LogP contribution >= 0.6 is 0 Å². The Morgan fingerprint density at radius 3 is 2.52 bits per heavy atom. The summed E-state index contributed by atoms with van der Waals surface area (Å²) in [7, 11) is 1.73. The summed E-state index contributed by atoms with van der Waals surface area (Å²) in [5, 5.41) is 6.42. The third-order valence-electron chi connectivity index (χ3n) is 3.00. The second-order valence-corrected chi connectivity index (χ2v) is 4.80. The maximum absolute atomic E-state index is 12.8. The maximum atomic E-state index is 12.8. The van der Waals surface area contributed by atoms with E-state index >= 15 is 0 Å². The van der Waals surface area contributed by atoms with Crippen LogP contribution in [0.5, 0.6) is 0 Å². The molecule has 0 radical (unpaired) electrons. The molecule has 21 heavy (non-hydrogen) atoms. The highest BCUT2D eigenvalue weighted by Crippen LogP contribution is 2.01. The normalized spacial score (nSPS) is 11.5. The first-order chi connectivity index (χ1) is 10.3. The van der Waals surface area contributed by atoms with E-state index in [1.807, 2.05) is 0 Å². The Hall–Kier alpha value is -1.62. The van der Waals surface area contributed by atoms with E-state index in [0.717, 1.165) is 50.5 Å². The predicted octanol–water partition coefficient (Wildman–Crippen LogP) is 2.70. The summed E-state index contributed by atoms with van der Waals surface area (Å²) in [6, 6.07) is 6.44. The monoisotopic (exact) mass is 295 g/mol. The van der Waals surface area contributed by atoms with Crippen molar-refractivity contribution < 1.29 is 9.13 Å². The van der Waals surface area contributed by atoms with Crippen LogP contribution in [0.4, 0.5) is 4.39 Å². The van der Waals surface area contributed by atoms with Gasteiger partial charge in [0.1, 0.15) is 5.82 Å². The first-order valence-electron chi connectivity index (χ1n) is 7.53. The summed E-state index contributed by atoms with van der Waals surface area (Å²) < 4.78 is 18.3. The number of hydrogen-bond donors (Lipinski definition) is 2. The zero-order valence-electron chi connectivity index (χ0n) is 13.0. The number of halogens is 1. The van der Waals surface area contributed by atoms with Gasteiger partial charge >= 0.3 is 0 Å². The molecule has 0 saturated heterocycles. The molecular weight excluding hydrogens is 269 g/mol. The summed E-state index contributed by atoms with van der Waals surface area (Å²) in [6.45, 7) is 5.19. The number of nitrogens with zero attached hydrogens (tertiary/aromatic N) is 1. The van der Waals surface area contributed by atoms with Crippen molar-refractivity contribution in [3.8, 4) is 0 Å². The summed E-state index contributed by atoms with van der Waals surface area (Å²) in [4.78, 5) is 4.15. The van der Waals surface area contributed by atoms with Gasteiger partial charge in [-0.1, -0.05) is 25.5 Å². The van der Waals surface area contributed by atoms with E-state index in [1.54, 1.807) is 19.2 Å². The Labute approximate surface area is 126 Å². The van der Waals surface area contributed by atoms with Gasteiger partial charge in [0.05, 0.1) is 0 Å². The van der Waals surface area contributed by atoms with E-state index in [0.29, 0.717) is 6.54 Å². The van der Waals surface area contributed by atoms with Crippen molar-refractivity contribution >= 4 is 5.96 Å². The Balaban J connectivity index is 2.13. The fourth-order valence-corrected chi connectivity index (χ4v) is 1.74. The van der Waals surface area contributed by atoms with Crippen molar-refractivity contribution in [3.63, 3.8) is 0 Å². The molecule has 0 aliphatic heterocycles. The van der Waals surface area contributed by atoms with E-state index < -0.39 is 0 Å². The summed E-state index contributed by atoms with van der Waals surface area (Å²) in [5.41, 5.74) is 1.02. The third kappa shape index (κ3) is 8.30. The number of unbranched alkanes of at least 4 members (excludes halogenated alkanes) is 1. The SMILES string of the molecule is CCCCOCCCNC(=NC)NCc1ccc(F)cc1. The van der Waals surface area contributed by atoms with E-state index in [2.05, 4.69) is 22.5 Å². The van der Waals surface area contributed by atoms with E-state index in [1.165, 1.54) is 12.1 Å². The maximum Gasteiger partial charge on any atom is 0.191 e. The standard InChI is InChI=1S/C16H26FN3O/c1-3-4-11-21-12-5-10-19-16(18-2)20-13-14-6-8-15(17)9-7-14/h6-9H,3-5,10-13H2,1-2H3,(H2,18,19,20). The molecule has 0 atom stereocenters. The van der Waals surface area contributed by atoms with Gasteiger partial charge in [-0.15, -0.1) is 0 Å². The number of benzene rings is 1. The van der Waals surface area contributed by atoms with Gasteiger partial charge in [0.25, 0.3) is 0 Å². The molecule has 0 amide bonds. The minimum atomic E-state index is -0.218. The van der Waals surface area contributed by atoms with Gasteiger partial charge in [0.2, 0.25) is 0 Å². The van der Waals surface area contributed by atoms with Crippen LogP contribution in [-0.2, 0) is 11.3 Å². The largest absolute Gasteiger partial charge is 0.381 e. The van der Waals surface area contributed by atoms with Gasteiger partial charge in [-0.3, -0.25) is 4.99 Å². The summed E-state index contributed by atoms with van der Waals surface area (Å²) >= 11 is 0. The van der Waals surface area contributed by atoms with Gasteiger partial charge in [0, 0.05) is 33.4 Å². The fourth-order valence-electron chi connectivity index (χ4n) is 1.74. The summed E-state index contributed by atoms with van der Waals surface area (Å²) in [6.07, 6.45) is 3.23. The molecule has 1 rings (SSSR count). The first kappa shape index (κ1) is 17.4. The average Bonchev–Trinajstić information content (AvgIpc) is 2.51. The molecule has 0 unspecified atom stereocenters. The van der Waals surface area contributed by atoms with Crippen molar-refractivity contribution in [1.82, 2.24) is 10.6 Å². The van der Waals surface area contributed by atoms with Crippen LogP contribution < -0.4 is 10.6 Å². The molecule has 0 aromatic heterocycles. The van der Waals surface area contributed by atoms with Crippen molar-refractivity contribution in [2.75, 3.05) is 26.8 Å². The Kier molecular flexibility index (Phi) is 9.20. The highest BCUT2D eigenvalue weighted by molar-refractivity contribution is 5.79. The molecule has 1 aromatic carbocycles. The molecular formula is C16H26FN3O. The number of guanidine groups is 1. The molecule has 1 aromatic rings. The van der Waals surface area contributed by atoms with Gasteiger partial charge in [-0.2, -0.15) is 0 Å². The van der Waals surface area contributed by atoms with Crippen LogP contribution in [0.25, 0.3) is 0 Å².